The molecule has 172 valence electrons. The third-order valence-corrected chi connectivity index (χ3v) is 5.19. The van der Waals surface area contributed by atoms with Gasteiger partial charge < -0.3 is 15.6 Å². The van der Waals surface area contributed by atoms with E-state index in [0.29, 0.717) is 0 Å². The van der Waals surface area contributed by atoms with Gasteiger partial charge in [-0.3, -0.25) is 14.4 Å². The average molecular weight is 438 g/mol. The van der Waals surface area contributed by atoms with Crippen molar-refractivity contribution in [1.82, 2.24) is 0 Å². The normalized spacial score (nSPS) is 11.5. The zero-order chi connectivity index (χ0) is 21.7. The van der Waals surface area contributed by atoms with Crippen LogP contribution in [0.15, 0.2) is 0 Å². The number of rotatable bonds is 20. The summed E-state index contributed by atoms with van der Waals surface area (Å²) < 4.78 is 4.67. The maximum atomic E-state index is 11.6. The first-order chi connectivity index (χ1) is 14.0. The van der Waals surface area contributed by atoms with Gasteiger partial charge in [-0.2, -0.15) is 0 Å². The molecular formula is C23H44NNaO5. The van der Waals surface area contributed by atoms with Crippen LogP contribution in [0.1, 0.15) is 122 Å². The molecule has 0 aromatic carbocycles. The predicted octanol–water partition coefficient (Wildman–Crippen LogP) is 4.86. The Balaban J connectivity index is 0. The number of nitrogens with two attached hydrogens (primary N) is 1. The van der Waals surface area contributed by atoms with Crippen LogP contribution in [-0.2, 0) is 19.1 Å². The fourth-order valence-corrected chi connectivity index (χ4v) is 3.27. The number of ether oxygens (including phenoxy) is 1. The molecule has 0 aromatic rings. The Bertz CT molecular complexity index is 445. The summed E-state index contributed by atoms with van der Waals surface area (Å²) in [6.45, 7) is 2.25. The van der Waals surface area contributed by atoms with Crippen molar-refractivity contribution in [1.29, 1.82) is 0 Å². The fourth-order valence-electron chi connectivity index (χ4n) is 3.27. The second kappa shape index (κ2) is 23.2. The summed E-state index contributed by atoms with van der Waals surface area (Å²) in [4.78, 5) is 33.6. The average Bonchev–Trinajstić information content (AvgIpc) is 2.68. The van der Waals surface area contributed by atoms with Crippen molar-refractivity contribution in [3.63, 3.8) is 0 Å². The number of aliphatic carboxylic acids is 1. The summed E-state index contributed by atoms with van der Waals surface area (Å²) in [7, 11) is 0. The first kappa shape index (κ1) is 31.8. The van der Waals surface area contributed by atoms with Crippen LogP contribution < -0.4 is 5.73 Å². The Kier molecular flexibility index (Phi) is 24.6. The fraction of sp³-hybridized carbons (Fsp3) is 0.870. The minimum atomic E-state index is -1.16. The molecule has 0 radical (unpaired) electrons. The van der Waals surface area contributed by atoms with Gasteiger partial charge in [0.1, 0.15) is 6.04 Å². The molecule has 0 rings (SSSR count). The van der Waals surface area contributed by atoms with E-state index in [2.05, 4.69) is 11.7 Å². The van der Waals surface area contributed by atoms with E-state index >= 15 is 0 Å². The number of carbonyl (C=O) groups is 3. The van der Waals surface area contributed by atoms with Crippen LogP contribution in [0.3, 0.4) is 0 Å². The van der Waals surface area contributed by atoms with Crippen LogP contribution in [0, 0.1) is 0 Å². The monoisotopic (exact) mass is 437 g/mol. The topological polar surface area (TPSA) is 107 Å². The third kappa shape index (κ3) is 22.3. The van der Waals surface area contributed by atoms with E-state index in [4.69, 9.17) is 10.8 Å². The molecule has 0 heterocycles. The number of esters is 2. The standard InChI is InChI=1S/C23H43NO5.Na.H/c1-2-3-4-5-6-7-8-9-10-11-12-13-14-15-16-17-21(25)29-22(26)19-18-20(24)23(27)28;;/h20H,2-19,24H2,1H3,(H,27,28);;/t20-;;/m0../s1. The van der Waals surface area contributed by atoms with Crippen molar-refractivity contribution in [2.75, 3.05) is 0 Å². The van der Waals surface area contributed by atoms with Crippen molar-refractivity contribution in [3.05, 3.63) is 0 Å². The van der Waals surface area contributed by atoms with Gasteiger partial charge in [0.2, 0.25) is 0 Å². The summed E-state index contributed by atoms with van der Waals surface area (Å²) in [5.74, 6) is -2.40. The van der Waals surface area contributed by atoms with Crippen LogP contribution >= 0.6 is 0 Å². The van der Waals surface area contributed by atoms with Crippen molar-refractivity contribution < 1.29 is 24.2 Å². The van der Waals surface area contributed by atoms with Gasteiger partial charge in [0.05, 0.1) is 0 Å². The Labute approximate surface area is 205 Å². The first-order valence-electron chi connectivity index (χ1n) is 11.7. The van der Waals surface area contributed by atoms with Crippen molar-refractivity contribution in [3.8, 4) is 0 Å². The van der Waals surface area contributed by atoms with E-state index in [1.165, 1.54) is 77.0 Å². The van der Waals surface area contributed by atoms with Crippen LogP contribution in [0.4, 0.5) is 0 Å². The number of hydrogen-bond acceptors (Lipinski definition) is 5. The van der Waals surface area contributed by atoms with E-state index in [-0.39, 0.29) is 48.8 Å². The molecule has 0 unspecified atom stereocenters. The molecule has 0 aliphatic carbocycles. The van der Waals surface area contributed by atoms with Crippen LogP contribution in [0.5, 0.6) is 0 Å². The molecule has 7 heteroatoms. The van der Waals surface area contributed by atoms with E-state index < -0.39 is 23.9 Å². The molecule has 6 nitrogen and oxygen atoms in total. The van der Waals surface area contributed by atoms with Gasteiger partial charge in [-0.1, -0.05) is 96.8 Å². The van der Waals surface area contributed by atoms with E-state index in [0.717, 1.165) is 19.3 Å². The van der Waals surface area contributed by atoms with Crippen LogP contribution in [0.2, 0.25) is 0 Å². The van der Waals surface area contributed by atoms with Gasteiger partial charge >= 0.3 is 47.5 Å². The maximum absolute atomic E-state index is 11.6. The van der Waals surface area contributed by atoms with Crippen LogP contribution in [-0.4, -0.2) is 58.6 Å². The molecular weight excluding hydrogens is 393 g/mol. The van der Waals surface area contributed by atoms with Gasteiger partial charge in [-0.05, 0) is 12.8 Å². The Hall–Kier alpha value is -0.430. The van der Waals surface area contributed by atoms with Crippen molar-refractivity contribution in [2.45, 2.75) is 129 Å². The Morgan fingerprint density at radius 1 is 0.700 bits per heavy atom. The van der Waals surface area contributed by atoms with Crippen LogP contribution in [0.25, 0.3) is 0 Å². The van der Waals surface area contributed by atoms with E-state index in [1.54, 1.807) is 0 Å². The number of unbranched alkanes of at least 4 members (excludes halogenated alkanes) is 14. The molecule has 0 aliphatic heterocycles. The third-order valence-electron chi connectivity index (χ3n) is 5.19. The molecule has 0 bridgehead atoms. The Morgan fingerprint density at radius 3 is 1.47 bits per heavy atom. The molecule has 0 aliphatic rings. The summed E-state index contributed by atoms with van der Waals surface area (Å²) in [5, 5.41) is 8.63. The predicted molar refractivity (Wildman–Crippen MR) is 123 cm³/mol. The quantitative estimate of drug-likeness (QED) is 0.122. The van der Waals surface area contributed by atoms with Crippen molar-refractivity contribution >= 4 is 47.5 Å². The molecule has 3 N–H and O–H groups in total. The van der Waals surface area contributed by atoms with Gasteiger partial charge in [-0.15, -0.1) is 0 Å². The van der Waals surface area contributed by atoms with Crippen molar-refractivity contribution in [2.24, 2.45) is 5.73 Å². The minimum absolute atomic E-state index is 0. The molecule has 0 fully saturated rings. The van der Waals surface area contributed by atoms with E-state index in [1.807, 2.05) is 0 Å². The molecule has 0 aromatic heterocycles. The zero-order valence-electron chi connectivity index (χ0n) is 18.5. The first-order valence-corrected chi connectivity index (χ1v) is 11.7. The molecule has 0 spiro atoms. The number of hydrogen-bond donors (Lipinski definition) is 2. The molecule has 0 amide bonds. The molecule has 1 atom stereocenters. The second-order valence-corrected chi connectivity index (χ2v) is 8.03. The summed E-state index contributed by atoms with van der Waals surface area (Å²) in [6.07, 6.45) is 18.9. The van der Waals surface area contributed by atoms with Gasteiger partial charge in [0.15, 0.2) is 0 Å². The number of carbonyl (C=O) groups excluding carboxylic acids is 2. The summed E-state index contributed by atoms with van der Waals surface area (Å²) >= 11 is 0. The second-order valence-electron chi connectivity index (χ2n) is 8.03. The van der Waals surface area contributed by atoms with Gasteiger partial charge in [-0.25, -0.2) is 0 Å². The number of carboxylic acids is 1. The summed E-state index contributed by atoms with van der Waals surface area (Å²) in [5.41, 5.74) is 5.30. The van der Waals surface area contributed by atoms with Gasteiger partial charge in [0.25, 0.3) is 0 Å². The summed E-state index contributed by atoms with van der Waals surface area (Å²) in [6, 6.07) is -1.10. The SMILES string of the molecule is CCCCCCCCCCCCCCCCCC(=O)OC(=O)CC[C@H](N)C(=O)O.[NaH]. The number of carboxylic acid groups (broad SMARTS) is 1. The Morgan fingerprint density at radius 2 is 1.07 bits per heavy atom. The molecule has 30 heavy (non-hydrogen) atoms. The van der Waals surface area contributed by atoms with E-state index in [9.17, 15) is 14.4 Å². The zero-order valence-corrected chi connectivity index (χ0v) is 18.5. The van der Waals surface area contributed by atoms with Gasteiger partial charge in [0, 0.05) is 12.8 Å². The molecule has 0 saturated carbocycles. The molecule has 0 saturated heterocycles.